The third-order valence-corrected chi connectivity index (χ3v) is 4.09. The van der Waals surface area contributed by atoms with Crippen LogP contribution >= 0.6 is 11.6 Å². The fourth-order valence-corrected chi connectivity index (χ4v) is 2.79. The number of carbonyl (C=O) groups excluding carboxylic acids is 1. The first-order chi connectivity index (χ1) is 10.0. The minimum atomic E-state index is -0.845. The van der Waals surface area contributed by atoms with E-state index in [0.717, 1.165) is 12.0 Å². The number of amides is 2. The van der Waals surface area contributed by atoms with E-state index in [-0.39, 0.29) is 12.6 Å². The number of carbonyl (C=O) groups is 2. The normalized spacial score (nSPS) is 18.4. The number of aryl methyl sites for hydroxylation is 1. The van der Waals surface area contributed by atoms with Gasteiger partial charge >= 0.3 is 12.0 Å². The van der Waals surface area contributed by atoms with Crippen molar-refractivity contribution in [3.05, 3.63) is 28.8 Å². The van der Waals surface area contributed by atoms with Gasteiger partial charge in [0.25, 0.3) is 0 Å². The average Bonchev–Trinajstić information content (AvgIpc) is 2.47. The van der Waals surface area contributed by atoms with E-state index in [4.69, 9.17) is 16.7 Å². The van der Waals surface area contributed by atoms with Gasteiger partial charge in [0.1, 0.15) is 0 Å². The molecule has 1 atom stereocenters. The van der Waals surface area contributed by atoms with Gasteiger partial charge in [0.05, 0.1) is 5.92 Å². The fraction of sp³-hybridized carbons (Fsp3) is 0.467. The molecule has 0 saturated carbocycles. The molecule has 1 saturated heterocycles. The Labute approximate surface area is 128 Å². The van der Waals surface area contributed by atoms with Gasteiger partial charge in [-0.3, -0.25) is 4.79 Å². The van der Waals surface area contributed by atoms with Gasteiger partial charge in [-0.25, -0.2) is 4.79 Å². The van der Waals surface area contributed by atoms with E-state index >= 15 is 0 Å². The highest BCUT2D eigenvalue weighted by atomic mass is 35.5. The Morgan fingerprint density at radius 3 is 2.86 bits per heavy atom. The van der Waals surface area contributed by atoms with Crippen LogP contribution in [-0.2, 0) is 11.2 Å². The number of anilines is 1. The lowest BCUT2D eigenvalue weighted by molar-refractivity contribution is -0.143. The number of piperidine rings is 1. The summed E-state index contributed by atoms with van der Waals surface area (Å²) in [5, 5.41) is 12.4. The Morgan fingerprint density at radius 1 is 1.48 bits per heavy atom. The van der Waals surface area contributed by atoms with Crippen LogP contribution in [-0.4, -0.2) is 35.1 Å². The van der Waals surface area contributed by atoms with Crippen LogP contribution in [0.15, 0.2) is 18.2 Å². The second-order valence-electron chi connectivity index (χ2n) is 5.21. The number of nitrogens with one attached hydrogen (secondary N) is 1. The summed E-state index contributed by atoms with van der Waals surface area (Å²) in [6.07, 6.45) is 2.16. The molecule has 1 heterocycles. The number of likely N-dealkylation sites (tertiary alicyclic amines) is 1. The quantitative estimate of drug-likeness (QED) is 0.900. The molecule has 1 fully saturated rings. The monoisotopic (exact) mass is 310 g/mol. The van der Waals surface area contributed by atoms with Crippen LogP contribution in [0.4, 0.5) is 10.5 Å². The minimum Gasteiger partial charge on any atom is -0.481 e. The summed E-state index contributed by atoms with van der Waals surface area (Å²) in [7, 11) is 0. The van der Waals surface area contributed by atoms with Crippen molar-refractivity contribution in [2.75, 3.05) is 18.4 Å². The summed E-state index contributed by atoms with van der Waals surface area (Å²) in [4.78, 5) is 24.7. The summed E-state index contributed by atoms with van der Waals surface area (Å²) >= 11 is 6.12. The zero-order chi connectivity index (χ0) is 15.4. The van der Waals surface area contributed by atoms with E-state index in [9.17, 15) is 9.59 Å². The average molecular weight is 311 g/mol. The van der Waals surface area contributed by atoms with Gasteiger partial charge in [-0.15, -0.1) is 0 Å². The lowest BCUT2D eigenvalue weighted by Crippen LogP contribution is -2.44. The molecule has 0 bridgehead atoms. The first-order valence-corrected chi connectivity index (χ1v) is 7.46. The standard InChI is InChI=1S/C15H19ClN2O3/c1-2-10-5-6-12(8-13(10)16)17-15(21)18-7-3-4-11(9-18)14(19)20/h5-6,8,11H,2-4,7,9H2,1H3,(H,17,21)(H,19,20). The highest BCUT2D eigenvalue weighted by Crippen LogP contribution is 2.22. The van der Waals surface area contributed by atoms with Crippen LogP contribution in [0.2, 0.25) is 5.02 Å². The predicted molar refractivity (Wildman–Crippen MR) is 81.8 cm³/mol. The van der Waals surface area contributed by atoms with Gasteiger partial charge in [0, 0.05) is 23.8 Å². The van der Waals surface area contributed by atoms with E-state index in [0.29, 0.717) is 30.1 Å². The van der Waals surface area contributed by atoms with Crippen molar-refractivity contribution in [3.8, 4) is 0 Å². The third kappa shape index (κ3) is 3.88. The molecule has 21 heavy (non-hydrogen) atoms. The summed E-state index contributed by atoms with van der Waals surface area (Å²) in [5.74, 6) is -1.32. The van der Waals surface area contributed by atoms with Crippen LogP contribution in [0.3, 0.4) is 0 Å². The number of halogens is 1. The molecule has 6 heteroatoms. The number of carboxylic acids is 1. The maximum atomic E-state index is 12.2. The third-order valence-electron chi connectivity index (χ3n) is 3.74. The van der Waals surface area contributed by atoms with Gasteiger partial charge in [0.15, 0.2) is 0 Å². The van der Waals surface area contributed by atoms with E-state index < -0.39 is 11.9 Å². The number of rotatable bonds is 3. The SMILES string of the molecule is CCc1ccc(NC(=O)N2CCCC(C(=O)O)C2)cc1Cl. The van der Waals surface area contributed by atoms with Crippen molar-refractivity contribution in [2.45, 2.75) is 26.2 Å². The number of urea groups is 1. The maximum absolute atomic E-state index is 12.2. The van der Waals surface area contributed by atoms with Crippen molar-refractivity contribution in [1.29, 1.82) is 0 Å². The molecular formula is C15H19ClN2O3. The van der Waals surface area contributed by atoms with Gasteiger partial charge in [-0.1, -0.05) is 24.6 Å². The van der Waals surface area contributed by atoms with Gasteiger partial charge in [-0.05, 0) is 37.0 Å². The smallest absolute Gasteiger partial charge is 0.321 e. The number of nitrogens with zero attached hydrogens (tertiary/aromatic N) is 1. The fourth-order valence-electron chi connectivity index (χ4n) is 2.48. The number of carboxylic acid groups (broad SMARTS) is 1. The lowest BCUT2D eigenvalue weighted by Gasteiger charge is -2.30. The maximum Gasteiger partial charge on any atom is 0.321 e. The molecular weight excluding hydrogens is 292 g/mol. The molecule has 1 aliphatic rings. The zero-order valence-corrected chi connectivity index (χ0v) is 12.7. The Hall–Kier alpha value is -1.75. The van der Waals surface area contributed by atoms with Gasteiger partial charge in [0.2, 0.25) is 0 Å². The number of benzene rings is 1. The molecule has 5 nitrogen and oxygen atoms in total. The van der Waals surface area contributed by atoms with E-state index in [2.05, 4.69) is 5.32 Å². The van der Waals surface area contributed by atoms with Crippen LogP contribution in [0.25, 0.3) is 0 Å². The van der Waals surface area contributed by atoms with Crippen molar-refractivity contribution in [2.24, 2.45) is 5.92 Å². The van der Waals surface area contributed by atoms with Crippen LogP contribution in [0.1, 0.15) is 25.3 Å². The molecule has 114 valence electrons. The molecule has 0 spiro atoms. The second-order valence-corrected chi connectivity index (χ2v) is 5.62. The predicted octanol–water partition coefficient (Wildman–Crippen LogP) is 3.23. The molecule has 2 amide bonds. The second kappa shape index (κ2) is 6.80. The first-order valence-electron chi connectivity index (χ1n) is 7.08. The molecule has 1 aromatic rings. The summed E-state index contributed by atoms with van der Waals surface area (Å²) in [5.41, 5.74) is 1.65. The zero-order valence-electron chi connectivity index (χ0n) is 11.9. The molecule has 0 radical (unpaired) electrons. The molecule has 2 rings (SSSR count). The molecule has 0 aromatic heterocycles. The highest BCUT2D eigenvalue weighted by Gasteiger charge is 2.28. The molecule has 1 unspecified atom stereocenters. The van der Waals surface area contributed by atoms with Crippen LogP contribution < -0.4 is 5.32 Å². The molecule has 1 aromatic carbocycles. The number of aliphatic carboxylic acids is 1. The summed E-state index contributed by atoms with van der Waals surface area (Å²) in [6, 6.07) is 5.13. The van der Waals surface area contributed by atoms with E-state index in [1.165, 1.54) is 0 Å². The van der Waals surface area contributed by atoms with Gasteiger partial charge in [-0.2, -0.15) is 0 Å². The van der Waals surface area contributed by atoms with E-state index in [1.54, 1.807) is 17.0 Å². The van der Waals surface area contributed by atoms with Crippen LogP contribution in [0, 0.1) is 5.92 Å². The summed E-state index contributed by atoms with van der Waals surface area (Å²) < 4.78 is 0. The largest absolute Gasteiger partial charge is 0.481 e. The Morgan fingerprint density at radius 2 is 2.24 bits per heavy atom. The molecule has 2 N–H and O–H groups in total. The van der Waals surface area contributed by atoms with Crippen molar-refractivity contribution in [3.63, 3.8) is 0 Å². The Balaban J connectivity index is 2.00. The Kier molecular flexibility index (Phi) is 5.07. The van der Waals surface area contributed by atoms with Crippen molar-refractivity contribution < 1.29 is 14.7 Å². The Bertz CT molecular complexity index is 548. The first kappa shape index (κ1) is 15.6. The van der Waals surface area contributed by atoms with E-state index in [1.807, 2.05) is 13.0 Å². The number of hydrogen-bond acceptors (Lipinski definition) is 2. The van der Waals surface area contributed by atoms with Crippen molar-refractivity contribution in [1.82, 2.24) is 4.90 Å². The molecule has 0 aliphatic carbocycles. The van der Waals surface area contributed by atoms with Crippen LogP contribution in [0.5, 0.6) is 0 Å². The highest BCUT2D eigenvalue weighted by molar-refractivity contribution is 6.31. The lowest BCUT2D eigenvalue weighted by atomic mass is 9.99. The van der Waals surface area contributed by atoms with Crippen molar-refractivity contribution >= 4 is 29.3 Å². The molecule has 1 aliphatic heterocycles. The van der Waals surface area contributed by atoms with Gasteiger partial charge < -0.3 is 15.3 Å². The minimum absolute atomic E-state index is 0.252. The number of hydrogen-bond donors (Lipinski definition) is 2. The summed E-state index contributed by atoms with van der Waals surface area (Å²) in [6.45, 7) is 2.84. The topological polar surface area (TPSA) is 69.6 Å².